The molecule has 248 valence electrons. The average Bonchev–Trinajstić information content (AvgIpc) is 3.53. The lowest BCUT2D eigenvalue weighted by Gasteiger charge is -2.21. The first-order chi connectivity index (χ1) is 22.7. The molecule has 2 heterocycles. The highest BCUT2D eigenvalue weighted by Crippen LogP contribution is 2.46. The van der Waals surface area contributed by atoms with Gasteiger partial charge in [0, 0.05) is 34.4 Å². The number of hydrogen-bond donors (Lipinski definition) is 4. The molecular formula is C35H29Cl4N3O6. The van der Waals surface area contributed by atoms with Gasteiger partial charge in [0.25, 0.3) is 17.6 Å². The number of amides is 2. The smallest absolute Gasteiger partial charge is 0.296 e. The molecule has 1 unspecified atom stereocenters. The van der Waals surface area contributed by atoms with Crippen LogP contribution in [-0.2, 0) is 21.6 Å². The van der Waals surface area contributed by atoms with Crippen LogP contribution in [0.1, 0.15) is 62.5 Å². The number of aliphatic hydroxyl groups is 1. The normalized spacial score (nSPS) is 15.5. The van der Waals surface area contributed by atoms with Crippen LogP contribution in [0.25, 0.3) is 0 Å². The minimum atomic E-state index is -2.03. The van der Waals surface area contributed by atoms with Crippen molar-refractivity contribution in [1.82, 2.24) is 0 Å². The zero-order chi connectivity index (χ0) is 35.3. The van der Waals surface area contributed by atoms with Gasteiger partial charge in [-0.2, -0.15) is 0 Å². The molecule has 9 nitrogen and oxygen atoms in total. The highest BCUT2D eigenvalue weighted by atomic mass is 35.5. The number of fused-ring (bicyclic) bond motifs is 2. The van der Waals surface area contributed by atoms with Crippen molar-refractivity contribution in [2.75, 3.05) is 23.0 Å². The molecule has 0 radical (unpaired) electrons. The molecule has 6 rings (SSSR count). The van der Waals surface area contributed by atoms with Crippen molar-refractivity contribution in [3.63, 3.8) is 0 Å². The van der Waals surface area contributed by atoms with Crippen LogP contribution in [0.5, 0.6) is 0 Å². The number of nitrogens with one attached hydrogen (secondary N) is 3. The summed E-state index contributed by atoms with van der Waals surface area (Å²) in [5, 5.41) is 19.7. The average molecular weight is 729 g/mol. The molecule has 48 heavy (non-hydrogen) atoms. The molecule has 13 heteroatoms. The summed E-state index contributed by atoms with van der Waals surface area (Å²) < 4.78 is 0. The van der Waals surface area contributed by atoms with E-state index in [2.05, 4.69) is 16.0 Å². The monoisotopic (exact) mass is 727 g/mol. The lowest BCUT2D eigenvalue weighted by molar-refractivity contribution is -0.133. The summed E-state index contributed by atoms with van der Waals surface area (Å²) in [5.74, 6) is -2.27. The van der Waals surface area contributed by atoms with Crippen LogP contribution in [0.3, 0.4) is 0 Å². The second-order valence-corrected chi connectivity index (χ2v) is 12.3. The molecule has 0 bridgehead atoms. The summed E-state index contributed by atoms with van der Waals surface area (Å²) in [4.78, 5) is 57.8. The van der Waals surface area contributed by atoms with Gasteiger partial charge in [0.1, 0.15) is 0 Å². The Kier molecular flexibility index (Phi) is 11.7. The summed E-state index contributed by atoms with van der Waals surface area (Å²) >= 11 is 23.7. The number of carbonyl (C=O) groups excluding carboxylic acids is 5. The number of ketones is 3. The molecule has 0 spiro atoms. The molecule has 0 aromatic heterocycles. The summed E-state index contributed by atoms with van der Waals surface area (Å²) in [5.41, 5.74) is 2.16. The van der Waals surface area contributed by atoms with E-state index >= 15 is 0 Å². The van der Waals surface area contributed by atoms with Crippen LogP contribution in [0.2, 0.25) is 20.1 Å². The number of halogens is 4. The maximum absolute atomic E-state index is 12.5. The molecule has 4 aromatic rings. The molecular weight excluding hydrogens is 700 g/mol. The van der Waals surface area contributed by atoms with Crippen molar-refractivity contribution in [3.05, 3.63) is 121 Å². The number of carbonyl (C=O) groups is 5. The molecule has 2 aliphatic heterocycles. The number of Topliss-reactive ketones (excluding diaryl/α,β-unsaturated/α-hetero) is 3. The van der Waals surface area contributed by atoms with Gasteiger partial charge in [0.05, 0.1) is 38.4 Å². The van der Waals surface area contributed by atoms with Crippen LogP contribution >= 0.6 is 46.4 Å². The first kappa shape index (κ1) is 36.6. The van der Waals surface area contributed by atoms with Gasteiger partial charge in [-0.25, -0.2) is 0 Å². The standard InChI is InChI=1S/C18H15Cl2NO3.C9H11NO.C8H3Cl2NO2/c1-2-10-3-5-11(6-4-10)14(22)9-18(24)15-12(19)7-8-13(20)16(15)21-17(18)23;1-7(11)8-3-5-9(10-2)6-4-8;9-3-1-2-4(10)6-5(3)7(12)8(13)11-6/h3-8,24H,2,9H2,1H3,(H,21,23);3-6,10H,1-2H3;1-2H,(H,11,12,13). The first-order valence-corrected chi connectivity index (χ1v) is 16.0. The number of benzene rings is 4. The Labute approximate surface area is 296 Å². The van der Waals surface area contributed by atoms with Crippen LogP contribution in [0.4, 0.5) is 17.1 Å². The zero-order valence-electron chi connectivity index (χ0n) is 25.8. The minimum absolute atomic E-state index is 0.104. The maximum Gasteiger partial charge on any atom is 0.296 e. The maximum atomic E-state index is 12.5. The van der Waals surface area contributed by atoms with Gasteiger partial charge in [0.15, 0.2) is 17.2 Å². The highest BCUT2D eigenvalue weighted by Gasteiger charge is 2.49. The Morgan fingerprint density at radius 2 is 1.29 bits per heavy atom. The lowest BCUT2D eigenvalue weighted by atomic mass is 9.88. The predicted octanol–water partition coefficient (Wildman–Crippen LogP) is 8.03. The number of aryl methyl sites for hydroxylation is 1. The van der Waals surface area contributed by atoms with Gasteiger partial charge >= 0.3 is 0 Å². The van der Waals surface area contributed by atoms with Gasteiger partial charge in [-0.15, -0.1) is 0 Å². The van der Waals surface area contributed by atoms with Gasteiger partial charge in [-0.1, -0.05) is 77.6 Å². The van der Waals surface area contributed by atoms with Gasteiger partial charge < -0.3 is 21.1 Å². The van der Waals surface area contributed by atoms with E-state index in [1.807, 2.05) is 50.4 Å². The van der Waals surface area contributed by atoms with Crippen molar-refractivity contribution >= 4 is 92.6 Å². The van der Waals surface area contributed by atoms with E-state index in [-0.39, 0.29) is 43.4 Å². The van der Waals surface area contributed by atoms with E-state index in [1.54, 1.807) is 19.1 Å². The van der Waals surface area contributed by atoms with Crippen LogP contribution in [0.15, 0.2) is 72.8 Å². The Morgan fingerprint density at radius 3 is 1.83 bits per heavy atom. The molecule has 2 amide bonds. The highest BCUT2D eigenvalue weighted by molar-refractivity contribution is 6.56. The van der Waals surface area contributed by atoms with E-state index < -0.39 is 29.6 Å². The third-order valence-corrected chi connectivity index (χ3v) is 8.85. The van der Waals surface area contributed by atoms with Crippen LogP contribution in [0, 0.1) is 0 Å². The fourth-order valence-electron chi connectivity index (χ4n) is 4.89. The number of anilines is 3. The number of hydrogen-bond acceptors (Lipinski definition) is 7. The second kappa shape index (κ2) is 15.3. The third-order valence-electron chi connectivity index (χ3n) is 7.59. The van der Waals surface area contributed by atoms with Crippen molar-refractivity contribution in [2.24, 2.45) is 0 Å². The second-order valence-electron chi connectivity index (χ2n) is 10.7. The van der Waals surface area contributed by atoms with Crippen molar-refractivity contribution in [2.45, 2.75) is 32.3 Å². The minimum Gasteiger partial charge on any atom is -0.388 e. The topological polar surface area (TPSA) is 142 Å². The van der Waals surface area contributed by atoms with Gasteiger partial charge in [-0.05, 0) is 67.4 Å². The lowest BCUT2D eigenvalue weighted by Crippen LogP contribution is -2.36. The molecule has 4 N–H and O–H groups in total. The fourth-order valence-corrected chi connectivity index (χ4v) is 5.86. The van der Waals surface area contributed by atoms with Crippen LogP contribution in [-0.4, -0.2) is 41.3 Å². The van der Waals surface area contributed by atoms with Crippen molar-refractivity contribution < 1.29 is 29.1 Å². The van der Waals surface area contributed by atoms with Crippen LogP contribution < -0.4 is 16.0 Å². The molecule has 0 saturated carbocycles. The molecule has 0 fully saturated rings. The van der Waals surface area contributed by atoms with E-state index in [0.717, 1.165) is 23.2 Å². The predicted molar refractivity (Wildman–Crippen MR) is 189 cm³/mol. The Balaban J connectivity index is 0.000000182. The SMILES string of the molecule is CCc1ccc(C(=O)CC2(O)C(=O)Nc3c(Cl)ccc(Cl)c32)cc1.CNc1ccc(C(C)=O)cc1.O=C1Nc2c(Cl)ccc(Cl)c2C1=O. The quantitative estimate of drug-likeness (QED) is 0.116. The van der Waals surface area contributed by atoms with E-state index in [4.69, 9.17) is 46.4 Å². The molecule has 1 atom stereocenters. The van der Waals surface area contributed by atoms with Crippen molar-refractivity contribution in [3.8, 4) is 0 Å². The third kappa shape index (κ3) is 7.72. The zero-order valence-corrected chi connectivity index (χ0v) is 28.9. The van der Waals surface area contributed by atoms with E-state index in [9.17, 15) is 29.1 Å². The van der Waals surface area contributed by atoms with Gasteiger partial charge in [-0.3, -0.25) is 24.0 Å². The van der Waals surface area contributed by atoms with E-state index in [1.165, 1.54) is 24.3 Å². The number of rotatable bonds is 6. The largest absolute Gasteiger partial charge is 0.388 e. The Hall–Kier alpha value is -4.25. The molecule has 2 aliphatic rings. The van der Waals surface area contributed by atoms with Gasteiger partial charge in [0.2, 0.25) is 0 Å². The Morgan fingerprint density at radius 1 is 0.750 bits per heavy atom. The summed E-state index contributed by atoms with van der Waals surface area (Å²) in [6.45, 7) is 3.58. The molecule has 0 aliphatic carbocycles. The summed E-state index contributed by atoms with van der Waals surface area (Å²) in [7, 11) is 1.85. The van der Waals surface area contributed by atoms with Crippen molar-refractivity contribution in [1.29, 1.82) is 0 Å². The summed E-state index contributed by atoms with van der Waals surface area (Å²) in [6, 6.07) is 20.5. The van der Waals surface area contributed by atoms with E-state index in [0.29, 0.717) is 16.3 Å². The molecule has 0 saturated heterocycles. The fraction of sp³-hybridized carbons (Fsp3) is 0.171. The molecule has 4 aromatic carbocycles. The Bertz CT molecular complexity index is 1930. The summed E-state index contributed by atoms with van der Waals surface area (Å²) in [6.07, 6.45) is 0.458. The first-order valence-electron chi connectivity index (χ1n) is 14.5.